The first kappa shape index (κ1) is 26.5. The number of hydrogen-bond acceptors (Lipinski definition) is 8. The highest BCUT2D eigenvalue weighted by atomic mass is 35.5. The number of nitrogens with zero attached hydrogens (tertiary/aromatic N) is 6. The molecule has 3 heterocycles. The number of rotatable bonds is 5. The smallest absolute Gasteiger partial charge is 0.410 e. The standard InChI is InChI=1S/C26H30ClFN6O3/c1-6-18-15-33(11-12-34(18)25(35)37-26(3,4)5)22-19(14-30-23(27)32-22)17-7-8-21(20(28)13-17)36-24-29-10-9-16(2)31-24/h7-10,13-14,18H,6,11-12,15H2,1-5H3/t18-/m1/s1. The van der Waals surface area contributed by atoms with Gasteiger partial charge in [-0.3, -0.25) is 0 Å². The minimum absolute atomic E-state index is 0.00260. The highest BCUT2D eigenvalue weighted by Crippen LogP contribution is 2.34. The summed E-state index contributed by atoms with van der Waals surface area (Å²) in [6.45, 7) is 10.8. The van der Waals surface area contributed by atoms with Crippen LogP contribution in [-0.2, 0) is 4.74 Å². The minimum Gasteiger partial charge on any atom is -0.444 e. The Hall–Kier alpha value is -3.53. The van der Waals surface area contributed by atoms with Crippen molar-refractivity contribution in [3.63, 3.8) is 0 Å². The number of ether oxygens (including phenoxy) is 2. The van der Waals surface area contributed by atoms with Crippen molar-refractivity contribution in [3.8, 4) is 22.9 Å². The number of aromatic nitrogens is 4. The van der Waals surface area contributed by atoms with Crippen molar-refractivity contribution < 1.29 is 18.7 Å². The van der Waals surface area contributed by atoms with E-state index in [9.17, 15) is 4.79 Å². The maximum absolute atomic E-state index is 15.0. The van der Waals surface area contributed by atoms with E-state index in [4.69, 9.17) is 21.1 Å². The predicted octanol–water partition coefficient (Wildman–Crippen LogP) is 5.66. The van der Waals surface area contributed by atoms with Crippen molar-refractivity contribution in [2.24, 2.45) is 0 Å². The van der Waals surface area contributed by atoms with Gasteiger partial charge < -0.3 is 19.3 Å². The van der Waals surface area contributed by atoms with E-state index in [2.05, 4.69) is 19.9 Å². The van der Waals surface area contributed by atoms with Crippen molar-refractivity contribution in [3.05, 3.63) is 53.5 Å². The molecule has 0 spiro atoms. The average molecular weight is 529 g/mol. The Bertz CT molecular complexity index is 1290. The Morgan fingerprint density at radius 2 is 1.97 bits per heavy atom. The molecule has 0 saturated carbocycles. The molecule has 1 aromatic carbocycles. The molecule has 1 aliphatic rings. The molecule has 11 heteroatoms. The summed E-state index contributed by atoms with van der Waals surface area (Å²) in [5, 5.41) is 0.0818. The van der Waals surface area contributed by atoms with E-state index in [1.165, 1.54) is 12.1 Å². The van der Waals surface area contributed by atoms with Crippen LogP contribution in [0.15, 0.2) is 36.7 Å². The van der Waals surface area contributed by atoms with E-state index in [0.717, 1.165) is 6.42 Å². The van der Waals surface area contributed by atoms with Crippen LogP contribution in [0.4, 0.5) is 15.0 Å². The second-order valence-electron chi connectivity index (χ2n) is 9.79. The summed E-state index contributed by atoms with van der Waals surface area (Å²) in [7, 11) is 0. The first-order chi connectivity index (χ1) is 17.5. The van der Waals surface area contributed by atoms with E-state index in [-0.39, 0.29) is 29.2 Å². The fourth-order valence-corrected chi connectivity index (χ4v) is 4.21. The SMILES string of the molecule is CC[C@@H]1CN(c2nc(Cl)ncc2-c2ccc(Oc3nccc(C)n3)c(F)c2)CCN1C(=O)OC(C)(C)C. The second kappa shape index (κ2) is 10.8. The molecule has 1 aliphatic heterocycles. The Labute approximate surface area is 220 Å². The largest absolute Gasteiger partial charge is 0.444 e. The van der Waals surface area contributed by atoms with Gasteiger partial charge >= 0.3 is 12.1 Å². The Morgan fingerprint density at radius 3 is 2.65 bits per heavy atom. The third-order valence-corrected chi connectivity index (χ3v) is 6.02. The third kappa shape index (κ3) is 6.43. The molecule has 1 fully saturated rings. The number of aryl methyl sites for hydroxylation is 1. The highest BCUT2D eigenvalue weighted by Gasteiger charge is 2.33. The predicted molar refractivity (Wildman–Crippen MR) is 139 cm³/mol. The van der Waals surface area contributed by atoms with Crippen molar-refractivity contribution in [2.75, 3.05) is 24.5 Å². The Morgan fingerprint density at radius 1 is 1.19 bits per heavy atom. The van der Waals surface area contributed by atoms with Crippen LogP contribution in [0, 0.1) is 12.7 Å². The van der Waals surface area contributed by atoms with Gasteiger partial charge in [-0.25, -0.2) is 24.1 Å². The molecule has 9 nitrogen and oxygen atoms in total. The zero-order valence-corrected chi connectivity index (χ0v) is 22.3. The summed E-state index contributed by atoms with van der Waals surface area (Å²) < 4.78 is 26.2. The monoisotopic (exact) mass is 528 g/mol. The fourth-order valence-electron chi connectivity index (χ4n) is 4.08. The summed E-state index contributed by atoms with van der Waals surface area (Å²) >= 11 is 6.16. The number of carbonyl (C=O) groups is 1. The second-order valence-corrected chi connectivity index (χ2v) is 10.1. The lowest BCUT2D eigenvalue weighted by Gasteiger charge is -2.42. The molecule has 0 radical (unpaired) electrons. The lowest BCUT2D eigenvalue weighted by molar-refractivity contribution is 0.0136. The van der Waals surface area contributed by atoms with E-state index in [1.807, 2.05) is 32.6 Å². The number of amides is 1. The van der Waals surface area contributed by atoms with Crippen LogP contribution in [0.5, 0.6) is 11.8 Å². The zero-order chi connectivity index (χ0) is 26.7. The summed E-state index contributed by atoms with van der Waals surface area (Å²) in [6.07, 6.45) is 3.51. The summed E-state index contributed by atoms with van der Waals surface area (Å²) in [5.74, 6) is -0.00938. The highest BCUT2D eigenvalue weighted by molar-refractivity contribution is 6.28. The molecule has 1 atom stereocenters. The quantitative estimate of drug-likeness (QED) is 0.391. The van der Waals surface area contributed by atoms with Gasteiger partial charge in [-0.1, -0.05) is 13.0 Å². The fraction of sp³-hybridized carbons (Fsp3) is 0.423. The van der Waals surface area contributed by atoms with Gasteiger partial charge in [-0.2, -0.15) is 4.98 Å². The molecule has 0 unspecified atom stereocenters. The van der Waals surface area contributed by atoms with Gasteiger partial charge in [0.05, 0.1) is 6.04 Å². The minimum atomic E-state index is -0.579. The molecule has 37 heavy (non-hydrogen) atoms. The van der Waals surface area contributed by atoms with Gasteiger partial charge in [-0.05, 0) is 69.5 Å². The summed E-state index contributed by atoms with van der Waals surface area (Å²) in [4.78, 5) is 33.3. The molecular weight excluding hydrogens is 499 g/mol. The third-order valence-electron chi connectivity index (χ3n) is 5.84. The zero-order valence-electron chi connectivity index (χ0n) is 21.5. The molecule has 2 aromatic heterocycles. The first-order valence-corrected chi connectivity index (χ1v) is 12.5. The van der Waals surface area contributed by atoms with Gasteiger partial charge in [-0.15, -0.1) is 0 Å². The lowest BCUT2D eigenvalue weighted by Crippen LogP contribution is -2.56. The van der Waals surface area contributed by atoms with E-state index in [0.29, 0.717) is 42.3 Å². The van der Waals surface area contributed by atoms with E-state index < -0.39 is 11.4 Å². The van der Waals surface area contributed by atoms with Crippen molar-refractivity contribution in [1.82, 2.24) is 24.8 Å². The molecule has 4 rings (SSSR count). The molecule has 1 saturated heterocycles. The van der Waals surface area contributed by atoms with Crippen LogP contribution in [0.3, 0.4) is 0 Å². The lowest BCUT2D eigenvalue weighted by atomic mass is 10.1. The van der Waals surface area contributed by atoms with Gasteiger partial charge in [0.15, 0.2) is 11.6 Å². The van der Waals surface area contributed by atoms with Gasteiger partial charge in [0.2, 0.25) is 5.28 Å². The maximum Gasteiger partial charge on any atom is 0.410 e. The molecule has 0 N–H and O–H groups in total. The molecule has 0 bridgehead atoms. The van der Waals surface area contributed by atoms with Crippen LogP contribution < -0.4 is 9.64 Å². The summed E-state index contributed by atoms with van der Waals surface area (Å²) in [6, 6.07) is 6.30. The number of carbonyl (C=O) groups excluding carboxylic acids is 1. The molecule has 196 valence electrons. The van der Waals surface area contributed by atoms with Crippen molar-refractivity contribution >= 4 is 23.5 Å². The molecular formula is C26H30ClFN6O3. The van der Waals surface area contributed by atoms with Crippen LogP contribution in [0.1, 0.15) is 39.8 Å². The summed E-state index contributed by atoms with van der Waals surface area (Å²) in [5.41, 5.74) is 1.30. The topological polar surface area (TPSA) is 93.6 Å². The normalized spacial score (nSPS) is 16.0. The molecule has 1 amide bonds. The van der Waals surface area contributed by atoms with E-state index >= 15 is 4.39 Å². The molecule has 3 aromatic rings. The van der Waals surface area contributed by atoms with Crippen LogP contribution in [0.2, 0.25) is 5.28 Å². The van der Waals surface area contributed by atoms with Gasteiger partial charge in [0.1, 0.15) is 11.4 Å². The first-order valence-electron chi connectivity index (χ1n) is 12.1. The van der Waals surface area contributed by atoms with Crippen LogP contribution in [-0.4, -0.2) is 62.2 Å². The number of halogens is 2. The van der Waals surface area contributed by atoms with Gasteiger partial charge in [0.25, 0.3) is 0 Å². The number of hydrogen-bond donors (Lipinski definition) is 0. The maximum atomic E-state index is 15.0. The number of benzene rings is 1. The Kier molecular flexibility index (Phi) is 7.77. The van der Waals surface area contributed by atoms with Crippen molar-refractivity contribution in [2.45, 2.75) is 52.7 Å². The number of anilines is 1. The number of piperazine rings is 1. The van der Waals surface area contributed by atoms with E-state index in [1.54, 1.807) is 36.4 Å². The van der Waals surface area contributed by atoms with Crippen molar-refractivity contribution in [1.29, 1.82) is 0 Å². The molecule has 0 aliphatic carbocycles. The Balaban J connectivity index is 1.58. The average Bonchev–Trinajstić information content (AvgIpc) is 2.84. The van der Waals surface area contributed by atoms with Crippen LogP contribution in [0.25, 0.3) is 11.1 Å². The van der Waals surface area contributed by atoms with Gasteiger partial charge in [0, 0.05) is 43.3 Å². The van der Waals surface area contributed by atoms with Crippen LogP contribution >= 0.6 is 11.6 Å².